The van der Waals surface area contributed by atoms with E-state index in [1.165, 1.54) is 22.5 Å². The van der Waals surface area contributed by atoms with Crippen molar-refractivity contribution in [2.75, 3.05) is 11.9 Å². The van der Waals surface area contributed by atoms with Crippen molar-refractivity contribution in [1.82, 2.24) is 0 Å². The first kappa shape index (κ1) is 21.5. The van der Waals surface area contributed by atoms with Crippen LogP contribution < -0.4 is 4.90 Å². The fourth-order valence-electron chi connectivity index (χ4n) is 3.34. The Bertz CT molecular complexity index is 840. The number of para-hydroxylation sites is 1. The lowest BCUT2D eigenvalue weighted by Gasteiger charge is -2.26. The molecule has 0 radical (unpaired) electrons. The molecule has 1 atom stereocenters. The number of allylic oxidation sites excluding steroid dienone is 12. The van der Waals surface area contributed by atoms with Gasteiger partial charge in [-0.1, -0.05) is 106 Å². The molecule has 0 N–H and O–H groups in total. The molecule has 0 fully saturated rings. The molecule has 1 unspecified atom stereocenters. The van der Waals surface area contributed by atoms with Gasteiger partial charge < -0.3 is 4.90 Å². The Kier molecular flexibility index (Phi) is 7.23. The van der Waals surface area contributed by atoms with Crippen LogP contribution in [0.15, 0.2) is 109 Å². The first-order valence-corrected chi connectivity index (χ1v) is 9.84. The zero-order valence-corrected chi connectivity index (χ0v) is 17.9. The largest absolute Gasteiger partial charge is 0.347 e. The van der Waals surface area contributed by atoms with Crippen molar-refractivity contribution in [1.29, 1.82) is 0 Å². The highest BCUT2D eigenvalue weighted by Crippen LogP contribution is 2.41. The SMILES string of the molecule is C=C/C=C\C=C(/C)C(C)(C)C(=C)/C=C/C=C/C=C1\C(C)c2ccccc2N1C. The molecule has 0 amide bonds. The van der Waals surface area contributed by atoms with Crippen LogP contribution in [-0.2, 0) is 0 Å². The Balaban J connectivity index is 2.04. The van der Waals surface area contributed by atoms with Crippen LogP contribution in [0.4, 0.5) is 5.69 Å². The van der Waals surface area contributed by atoms with Crippen LogP contribution >= 0.6 is 0 Å². The molecule has 1 heteroatoms. The third kappa shape index (κ3) is 4.72. The highest BCUT2D eigenvalue weighted by atomic mass is 15.1. The summed E-state index contributed by atoms with van der Waals surface area (Å²) >= 11 is 0. The quantitative estimate of drug-likeness (QED) is 0.448. The van der Waals surface area contributed by atoms with Crippen molar-refractivity contribution in [2.45, 2.75) is 33.6 Å². The number of anilines is 1. The van der Waals surface area contributed by atoms with Crippen molar-refractivity contribution in [3.8, 4) is 0 Å². The van der Waals surface area contributed by atoms with E-state index in [2.05, 4.69) is 114 Å². The van der Waals surface area contributed by atoms with Crippen LogP contribution in [0.5, 0.6) is 0 Å². The van der Waals surface area contributed by atoms with E-state index in [0.29, 0.717) is 5.92 Å². The van der Waals surface area contributed by atoms with E-state index in [1.54, 1.807) is 6.08 Å². The molecule has 1 heterocycles. The van der Waals surface area contributed by atoms with Gasteiger partial charge in [0.15, 0.2) is 0 Å². The van der Waals surface area contributed by atoms with Crippen molar-refractivity contribution >= 4 is 5.69 Å². The molecule has 0 bridgehead atoms. The number of hydrogen-bond donors (Lipinski definition) is 0. The summed E-state index contributed by atoms with van der Waals surface area (Å²) in [5, 5.41) is 0. The lowest BCUT2D eigenvalue weighted by molar-refractivity contribution is 0.554. The summed E-state index contributed by atoms with van der Waals surface area (Å²) < 4.78 is 0. The van der Waals surface area contributed by atoms with Gasteiger partial charge in [0.1, 0.15) is 0 Å². The lowest BCUT2D eigenvalue weighted by Crippen LogP contribution is -2.14. The fourth-order valence-corrected chi connectivity index (χ4v) is 3.34. The van der Waals surface area contributed by atoms with Gasteiger partial charge in [0, 0.05) is 29.8 Å². The van der Waals surface area contributed by atoms with Crippen molar-refractivity contribution < 1.29 is 0 Å². The van der Waals surface area contributed by atoms with Gasteiger partial charge in [-0.25, -0.2) is 0 Å². The van der Waals surface area contributed by atoms with E-state index in [4.69, 9.17) is 0 Å². The maximum absolute atomic E-state index is 4.27. The maximum atomic E-state index is 4.27. The summed E-state index contributed by atoms with van der Waals surface area (Å²) in [7, 11) is 2.14. The third-order valence-corrected chi connectivity index (χ3v) is 5.76. The Hall–Kier alpha value is -2.80. The van der Waals surface area contributed by atoms with Gasteiger partial charge >= 0.3 is 0 Å². The number of nitrogens with zero attached hydrogens (tertiary/aromatic N) is 1. The molecule has 0 aromatic heterocycles. The van der Waals surface area contributed by atoms with Crippen molar-refractivity contribution in [2.24, 2.45) is 5.41 Å². The number of likely N-dealkylation sites (N-methyl/N-ethyl adjacent to an activating group) is 1. The van der Waals surface area contributed by atoms with Gasteiger partial charge in [-0.2, -0.15) is 0 Å². The molecule has 1 aliphatic heterocycles. The summed E-state index contributed by atoms with van der Waals surface area (Å²) in [6, 6.07) is 8.61. The highest BCUT2D eigenvalue weighted by Gasteiger charge is 2.27. The van der Waals surface area contributed by atoms with Crippen LogP contribution in [0, 0.1) is 5.41 Å². The molecule has 1 aromatic carbocycles. The van der Waals surface area contributed by atoms with Crippen LogP contribution in [-0.4, -0.2) is 7.05 Å². The summed E-state index contributed by atoms with van der Waals surface area (Å²) in [6.45, 7) is 16.8. The lowest BCUT2D eigenvalue weighted by atomic mass is 9.78. The average molecular weight is 372 g/mol. The Morgan fingerprint density at radius 3 is 2.46 bits per heavy atom. The summed E-state index contributed by atoms with van der Waals surface area (Å²) in [5.41, 5.74) is 6.28. The van der Waals surface area contributed by atoms with Gasteiger partial charge in [-0.3, -0.25) is 0 Å². The van der Waals surface area contributed by atoms with Gasteiger partial charge in [0.2, 0.25) is 0 Å². The smallest absolute Gasteiger partial charge is 0.0445 e. The maximum Gasteiger partial charge on any atom is 0.0445 e. The number of benzene rings is 1. The molecule has 0 aliphatic carbocycles. The minimum absolute atomic E-state index is 0.0872. The molecule has 1 aromatic rings. The second kappa shape index (κ2) is 9.41. The molecule has 0 saturated carbocycles. The Morgan fingerprint density at radius 2 is 1.79 bits per heavy atom. The standard InChI is InChI=1S/C27H33N/c1-8-9-11-16-21(2)27(5,6)22(3)17-12-10-13-19-25-23(4)24-18-14-15-20-26(24)28(25)7/h8-20,23H,1,3H2,2,4-7H3/b11-9-,13-10+,17-12+,21-16+,25-19+. The van der Waals surface area contributed by atoms with Gasteiger partial charge in [0.25, 0.3) is 0 Å². The Morgan fingerprint density at radius 1 is 1.07 bits per heavy atom. The minimum atomic E-state index is -0.0872. The first-order valence-electron chi connectivity index (χ1n) is 9.84. The number of fused-ring (bicyclic) bond motifs is 1. The van der Waals surface area contributed by atoms with E-state index in [-0.39, 0.29) is 5.41 Å². The second-order valence-electron chi connectivity index (χ2n) is 7.80. The molecule has 1 aliphatic rings. The van der Waals surface area contributed by atoms with Crippen LogP contribution in [0.3, 0.4) is 0 Å². The topological polar surface area (TPSA) is 3.24 Å². The molecular formula is C27H33N. The van der Waals surface area contributed by atoms with Crippen LogP contribution in [0.2, 0.25) is 0 Å². The first-order chi connectivity index (χ1) is 13.3. The second-order valence-corrected chi connectivity index (χ2v) is 7.80. The van der Waals surface area contributed by atoms with E-state index in [9.17, 15) is 0 Å². The highest BCUT2D eigenvalue weighted by molar-refractivity contribution is 5.67. The Labute approximate surface area is 171 Å². The monoisotopic (exact) mass is 371 g/mol. The predicted octanol–water partition coefficient (Wildman–Crippen LogP) is 7.51. The normalized spacial score (nSPS) is 19.3. The van der Waals surface area contributed by atoms with Crippen molar-refractivity contribution in [3.63, 3.8) is 0 Å². The average Bonchev–Trinajstić information content (AvgIpc) is 2.92. The molecule has 0 saturated heterocycles. The van der Waals surface area contributed by atoms with E-state index in [0.717, 1.165) is 5.57 Å². The molecule has 1 nitrogen and oxygen atoms in total. The van der Waals surface area contributed by atoms with Crippen LogP contribution in [0.1, 0.15) is 39.2 Å². The predicted molar refractivity (Wildman–Crippen MR) is 126 cm³/mol. The zero-order chi connectivity index (χ0) is 20.7. The molecule has 28 heavy (non-hydrogen) atoms. The molecular weight excluding hydrogens is 338 g/mol. The van der Waals surface area contributed by atoms with Gasteiger partial charge in [-0.05, 0) is 30.2 Å². The van der Waals surface area contributed by atoms with E-state index >= 15 is 0 Å². The van der Waals surface area contributed by atoms with E-state index in [1.807, 2.05) is 12.2 Å². The zero-order valence-electron chi connectivity index (χ0n) is 17.9. The van der Waals surface area contributed by atoms with Gasteiger partial charge in [-0.15, -0.1) is 0 Å². The third-order valence-electron chi connectivity index (χ3n) is 5.76. The van der Waals surface area contributed by atoms with Crippen molar-refractivity contribution in [3.05, 3.63) is 115 Å². The number of hydrogen-bond acceptors (Lipinski definition) is 1. The van der Waals surface area contributed by atoms with E-state index < -0.39 is 0 Å². The molecule has 0 spiro atoms. The summed E-state index contributed by atoms with van der Waals surface area (Å²) in [6.07, 6.45) is 18.4. The molecule has 2 rings (SSSR count). The molecule has 146 valence electrons. The summed E-state index contributed by atoms with van der Waals surface area (Å²) in [4.78, 5) is 2.28. The summed E-state index contributed by atoms with van der Waals surface area (Å²) in [5.74, 6) is 0.417. The fraction of sp³-hybridized carbons (Fsp3) is 0.259. The number of rotatable bonds is 7. The van der Waals surface area contributed by atoms with Crippen LogP contribution in [0.25, 0.3) is 0 Å². The minimum Gasteiger partial charge on any atom is -0.347 e. The van der Waals surface area contributed by atoms with Gasteiger partial charge in [0.05, 0.1) is 0 Å².